The van der Waals surface area contributed by atoms with Crippen molar-refractivity contribution in [1.29, 1.82) is 0 Å². The fraction of sp³-hybridized carbons (Fsp3) is 0.189. The minimum absolute atomic E-state index is 0. The van der Waals surface area contributed by atoms with Crippen LogP contribution in [0.1, 0.15) is 42.3 Å². The highest BCUT2D eigenvalue weighted by atomic mass is 127. The largest absolute Gasteiger partial charge is 0.493 e. The van der Waals surface area contributed by atoms with Crippen molar-refractivity contribution in [2.45, 2.75) is 21.3 Å². The summed E-state index contributed by atoms with van der Waals surface area (Å²) in [7, 11) is 1.45. The van der Waals surface area contributed by atoms with Crippen LogP contribution < -0.4 is 14.9 Å². The van der Waals surface area contributed by atoms with Crippen molar-refractivity contribution in [3.8, 4) is 22.9 Å². The third kappa shape index (κ3) is 8.42. The summed E-state index contributed by atoms with van der Waals surface area (Å²) in [5, 5.41) is 19.4. The number of aromatic amines is 2. The summed E-state index contributed by atoms with van der Waals surface area (Å²) in [4.78, 5) is 47.6. The van der Waals surface area contributed by atoms with E-state index in [-0.39, 0.29) is 24.7 Å². The first-order chi connectivity index (χ1) is 26.2. The molecule has 0 aliphatic rings. The van der Waals surface area contributed by atoms with Crippen LogP contribution in [0.2, 0.25) is 0 Å². The molecule has 2 aromatic carbocycles. The van der Waals surface area contributed by atoms with Gasteiger partial charge in [0.1, 0.15) is 11.4 Å². The third-order valence-electron chi connectivity index (χ3n) is 7.93. The molecule has 6 aromatic heterocycles. The average Bonchev–Trinajstić information content (AvgIpc) is 4.00. The summed E-state index contributed by atoms with van der Waals surface area (Å²) >= 11 is 5.32. The Morgan fingerprint density at radius 2 is 1.27 bits per heavy atom. The average molecular weight is 895 g/mol. The number of esters is 2. The second-order valence-corrected chi connectivity index (χ2v) is 13.9. The highest BCUT2D eigenvalue weighted by molar-refractivity contribution is 14.1. The molecule has 0 unspecified atom stereocenters. The van der Waals surface area contributed by atoms with Crippen molar-refractivity contribution in [3.05, 3.63) is 86.9 Å². The summed E-state index contributed by atoms with van der Waals surface area (Å²) in [5.74, 6) is -0.0480. The topological polar surface area (TPSA) is 195 Å². The number of ether oxygens (including phenoxy) is 4. The molecule has 0 bridgehead atoms. The molecule has 0 saturated heterocycles. The summed E-state index contributed by atoms with van der Waals surface area (Å²) in [6.45, 7) is 4.25. The molecule has 0 aliphatic carbocycles. The Morgan fingerprint density at radius 1 is 0.745 bits per heavy atom. The zero-order valence-electron chi connectivity index (χ0n) is 29.2. The number of benzene rings is 2. The number of thiazole rings is 2. The van der Waals surface area contributed by atoms with E-state index in [1.54, 1.807) is 61.4 Å². The predicted molar refractivity (Wildman–Crippen MR) is 225 cm³/mol. The number of hydrogen-bond donors (Lipinski definition) is 4. The van der Waals surface area contributed by atoms with E-state index in [1.165, 1.54) is 19.4 Å². The lowest BCUT2D eigenvalue weighted by Gasteiger charge is -2.09. The van der Waals surface area contributed by atoms with Gasteiger partial charge in [-0.3, -0.25) is 0 Å². The van der Waals surface area contributed by atoms with Crippen LogP contribution in [0.3, 0.4) is 0 Å². The van der Waals surface area contributed by atoms with E-state index in [1.807, 2.05) is 41.9 Å². The van der Waals surface area contributed by atoms with E-state index in [0.29, 0.717) is 36.0 Å². The lowest BCUT2D eigenvalue weighted by Crippen LogP contribution is -2.31. The third-order valence-corrected chi connectivity index (χ3v) is 10.6. The van der Waals surface area contributed by atoms with Crippen LogP contribution in [0, 0.1) is 3.57 Å². The molecule has 0 atom stereocenters. The molecular weight excluding hydrogens is 858 g/mol. The van der Waals surface area contributed by atoms with Crippen molar-refractivity contribution in [1.82, 2.24) is 29.9 Å². The first-order valence-electron chi connectivity index (χ1n) is 16.3. The highest BCUT2D eigenvalue weighted by Gasteiger charge is 2.25. The fourth-order valence-corrected chi connectivity index (χ4v) is 7.94. The van der Waals surface area contributed by atoms with Gasteiger partial charge in [-0.2, -0.15) is 0 Å². The number of methoxy groups -OCH3 is 2. The number of pyridine rings is 2. The lowest BCUT2D eigenvalue weighted by atomic mass is 9.81. The number of hydrogen-bond acceptors (Lipinski definition) is 14. The van der Waals surface area contributed by atoms with Crippen molar-refractivity contribution in [3.63, 3.8) is 0 Å². The number of halogens is 1. The first-order valence-corrected chi connectivity index (χ1v) is 19.2. The van der Waals surface area contributed by atoms with Gasteiger partial charge in [0, 0.05) is 50.8 Å². The predicted octanol–water partition coefficient (Wildman–Crippen LogP) is 6.99. The summed E-state index contributed by atoms with van der Waals surface area (Å²) in [6, 6.07) is 14.8. The molecule has 4 N–H and O–H groups in total. The van der Waals surface area contributed by atoms with Crippen molar-refractivity contribution in [2.75, 3.05) is 27.4 Å². The molecular formula is C37H36BIN6O8S2. The molecule has 0 saturated carbocycles. The van der Waals surface area contributed by atoms with E-state index < -0.39 is 13.1 Å². The van der Waals surface area contributed by atoms with Crippen molar-refractivity contribution in [2.24, 2.45) is 0 Å². The van der Waals surface area contributed by atoms with Gasteiger partial charge in [0.15, 0.2) is 0 Å². The molecule has 8 aromatic rings. The van der Waals surface area contributed by atoms with E-state index in [2.05, 4.69) is 52.5 Å². The maximum Gasteiger partial charge on any atom is 0.493 e. The molecule has 0 spiro atoms. The van der Waals surface area contributed by atoms with Crippen LogP contribution in [0.25, 0.3) is 53.4 Å². The minimum Gasteiger partial charge on any atom is -0.481 e. The molecule has 0 radical (unpaired) electrons. The van der Waals surface area contributed by atoms with E-state index >= 15 is 0 Å². The summed E-state index contributed by atoms with van der Waals surface area (Å²) in [6.07, 6.45) is 3.17. The quantitative estimate of drug-likeness (QED) is 0.0695. The second-order valence-electron chi connectivity index (χ2n) is 11.0. The molecule has 0 fully saturated rings. The molecule has 284 valence electrons. The number of rotatable bonds is 8. The maximum atomic E-state index is 12.5. The number of fused-ring (bicyclic) bond motifs is 6. The van der Waals surface area contributed by atoms with E-state index in [9.17, 15) is 9.59 Å². The van der Waals surface area contributed by atoms with Crippen LogP contribution in [0.5, 0.6) is 11.8 Å². The Labute approximate surface area is 337 Å². The van der Waals surface area contributed by atoms with E-state index in [0.717, 1.165) is 51.4 Å². The molecule has 6 heterocycles. The van der Waals surface area contributed by atoms with Gasteiger partial charge < -0.3 is 39.0 Å². The Balaban J connectivity index is 0.000000170. The van der Waals surface area contributed by atoms with Gasteiger partial charge in [0.05, 0.1) is 62.5 Å². The zero-order chi connectivity index (χ0) is 38.4. The number of carbonyl (C=O) groups is 2. The van der Waals surface area contributed by atoms with E-state index in [4.69, 9.17) is 29.0 Å². The summed E-state index contributed by atoms with van der Waals surface area (Å²) in [5.41, 5.74) is 9.72. The van der Waals surface area contributed by atoms with Gasteiger partial charge >= 0.3 is 19.1 Å². The van der Waals surface area contributed by atoms with Crippen LogP contribution in [-0.4, -0.2) is 86.4 Å². The van der Waals surface area contributed by atoms with Gasteiger partial charge in [-0.15, -0.1) is 22.7 Å². The minimum atomic E-state index is -1.53. The van der Waals surface area contributed by atoms with Gasteiger partial charge in [-0.05, 0) is 78.9 Å². The zero-order valence-corrected chi connectivity index (χ0v) is 33.0. The Kier molecular flexibility index (Phi) is 13.8. The number of carbonyl (C=O) groups excluding carboxylic acids is 2. The Morgan fingerprint density at radius 3 is 1.84 bits per heavy atom. The molecule has 55 heavy (non-hydrogen) atoms. The van der Waals surface area contributed by atoms with Crippen LogP contribution in [-0.2, 0) is 9.47 Å². The molecule has 18 heteroatoms. The number of nitrogens with zero attached hydrogens (tertiary/aromatic N) is 4. The Bertz CT molecular complexity index is 2590. The molecule has 0 amide bonds. The van der Waals surface area contributed by atoms with Crippen LogP contribution in [0.15, 0.2) is 71.9 Å². The van der Waals surface area contributed by atoms with Crippen molar-refractivity contribution < 1.29 is 38.6 Å². The van der Waals surface area contributed by atoms with Gasteiger partial charge in [-0.25, -0.2) is 29.5 Å². The smallest absolute Gasteiger partial charge is 0.481 e. The maximum absolute atomic E-state index is 12.5. The Hall–Kier alpha value is -5.15. The fourth-order valence-electron chi connectivity index (χ4n) is 5.67. The number of nitrogens with one attached hydrogen (secondary N) is 2. The summed E-state index contributed by atoms with van der Waals surface area (Å²) < 4.78 is 23.5. The number of H-pyrrole nitrogens is 2. The molecule has 8 rings (SSSR count). The second kappa shape index (κ2) is 18.5. The van der Waals surface area contributed by atoms with Gasteiger partial charge in [-0.1, -0.05) is 13.5 Å². The van der Waals surface area contributed by atoms with Crippen molar-refractivity contribution >= 4 is 112 Å². The molecule has 14 nitrogen and oxygen atoms in total. The SMILES string of the molecule is C.CCOC(=O)c1[nH]c2ccc3scnc3c2c1-c1cccnc1OC.CCOC(=O)c1[nH]c2ccc3scnc3c2c1I.COc1ncccc1B(O)O. The normalized spacial score (nSPS) is 10.6. The van der Waals surface area contributed by atoms with Gasteiger partial charge in [0.25, 0.3) is 0 Å². The highest BCUT2D eigenvalue weighted by Crippen LogP contribution is 2.41. The van der Waals surface area contributed by atoms with Crippen LogP contribution in [0.4, 0.5) is 0 Å². The van der Waals surface area contributed by atoms with Gasteiger partial charge in [0.2, 0.25) is 11.8 Å². The first kappa shape index (κ1) is 41.0. The lowest BCUT2D eigenvalue weighted by molar-refractivity contribution is 0.0511. The number of aromatic nitrogens is 6. The monoisotopic (exact) mass is 894 g/mol. The van der Waals surface area contributed by atoms with Crippen LogP contribution >= 0.6 is 45.3 Å². The standard InChI is InChI=1S/C18H15N3O3S.C12H9IN2O2S.C6H8BNO3.CH4/c1-3-24-18(22)16-13(10-5-4-8-19-17(10)23-2)14-11(21-16)6-7-12-15(14)20-9-25-12;1-2-17-12(16)11-9(13)8-6(15-11)3-4-7-10(8)14-5-18-7;1-11-6-5(7(9)10)3-2-4-8-6;/h4-9,21H,3H2,1-2H3;3-5,15H,2H2,1H3;2-4,9-10H,1H3;1H4. The molecule has 0 aliphatic heterocycles.